The highest BCUT2D eigenvalue weighted by Crippen LogP contribution is 2.07. The summed E-state index contributed by atoms with van der Waals surface area (Å²) in [6.45, 7) is 8.10. The van der Waals surface area contributed by atoms with Crippen molar-refractivity contribution >= 4 is 6.09 Å². The number of rotatable bonds is 5. The summed E-state index contributed by atoms with van der Waals surface area (Å²) in [5.41, 5.74) is 5.10. The third-order valence-corrected chi connectivity index (χ3v) is 1.91. The summed E-state index contributed by atoms with van der Waals surface area (Å²) in [5, 5.41) is 2.77. The van der Waals surface area contributed by atoms with Gasteiger partial charge in [-0.05, 0) is 27.2 Å². The van der Waals surface area contributed by atoms with E-state index < -0.39 is 5.60 Å². The second-order valence-electron chi connectivity index (χ2n) is 4.72. The van der Waals surface area contributed by atoms with Crippen molar-refractivity contribution < 1.29 is 9.53 Å². The predicted octanol–water partition coefficient (Wildman–Crippen LogP) is 2.03. The van der Waals surface area contributed by atoms with Gasteiger partial charge >= 0.3 is 6.09 Å². The monoisotopic (exact) mass is 216 g/mol. The number of alkyl carbamates (subject to hydrolysis) is 1. The summed E-state index contributed by atoms with van der Waals surface area (Å²) in [6, 6.07) is 0.0276. The molecule has 4 nitrogen and oxygen atoms in total. The first-order valence-corrected chi connectivity index (χ1v) is 5.58. The number of nitrogens with one attached hydrogen (secondary N) is 1. The molecule has 0 aromatic heterocycles. The van der Waals surface area contributed by atoms with Crippen LogP contribution in [0.1, 0.15) is 47.0 Å². The minimum Gasteiger partial charge on any atom is -0.444 e. The van der Waals surface area contributed by atoms with Gasteiger partial charge in [-0.25, -0.2) is 4.79 Å². The number of nitrogens with two attached hydrogens (primary N) is 1. The van der Waals surface area contributed by atoms with Crippen LogP contribution in [0.4, 0.5) is 4.79 Å². The Morgan fingerprint density at radius 3 is 2.47 bits per heavy atom. The summed E-state index contributed by atoms with van der Waals surface area (Å²) in [5.74, 6) is 0. The van der Waals surface area contributed by atoms with Crippen LogP contribution in [-0.2, 0) is 4.74 Å². The number of hydrogen-bond acceptors (Lipinski definition) is 3. The van der Waals surface area contributed by atoms with E-state index in [1.165, 1.54) is 0 Å². The topological polar surface area (TPSA) is 64.3 Å². The molecule has 4 heteroatoms. The molecule has 0 aliphatic rings. The molecule has 0 spiro atoms. The van der Waals surface area contributed by atoms with Gasteiger partial charge in [0, 0.05) is 12.6 Å². The van der Waals surface area contributed by atoms with E-state index in [9.17, 15) is 4.79 Å². The van der Waals surface area contributed by atoms with Crippen molar-refractivity contribution in [2.75, 3.05) is 6.54 Å². The van der Waals surface area contributed by atoms with Crippen LogP contribution < -0.4 is 11.1 Å². The first-order valence-electron chi connectivity index (χ1n) is 5.58. The lowest BCUT2D eigenvalue weighted by Crippen LogP contribution is -2.42. The van der Waals surface area contributed by atoms with Crippen LogP contribution in [0.2, 0.25) is 0 Å². The van der Waals surface area contributed by atoms with Crippen molar-refractivity contribution in [1.29, 1.82) is 0 Å². The summed E-state index contributed by atoms with van der Waals surface area (Å²) < 4.78 is 5.14. The Kier molecular flexibility index (Phi) is 6.32. The largest absolute Gasteiger partial charge is 0.444 e. The van der Waals surface area contributed by atoms with Gasteiger partial charge < -0.3 is 15.8 Å². The van der Waals surface area contributed by atoms with Crippen LogP contribution in [0, 0.1) is 0 Å². The van der Waals surface area contributed by atoms with Crippen molar-refractivity contribution in [2.45, 2.75) is 58.6 Å². The molecule has 0 saturated heterocycles. The fraction of sp³-hybridized carbons (Fsp3) is 0.909. The standard InChI is InChI=1S/C11H24N2O2/c1-5-6-7-9(8-12)13-10(14)15-11(2,3)4/h9H,5-8,12H2,1-4H3,(H,13,14)/t9-/m1/s1. The number of carbonyl (C=O) groups is 1. The second kappa shape index (κ2) is 6.67. The van der Waals surface area contributed by atoms with E-state index >= 15 is 0 Å². The zero-order chi connectivity index (χ0) is 11.9. The minimum absolute atomic E-state index is 0.0276. The molecule has 0 heterocycles. The van der Waals surface area contributed by atoms with Crippen molar-refractivity contribution in [3.63, 3.8) is 0 Å². The quantitative estimate of drug-likeness (QED) is 0.739. The summed E-state index contributed by atoms with van der Waals surface area (Å²) in [7, 11) is 0. The Bertz CT molecular complexity index is 188. The maximum Gasteiger partial charge on any atom is 0.407 e. The van der Waals surface area contributed by atoms with Gasteiger partial charge in [0.2, 0.25) is 0 Å². The minimum atomic E-state index is -0.450. The van der Waals surface area contributed by atoms with Gasteiger partial charge in [-0.1, -0.05) is 19.8 Å². The van der Waals surface area contributed by atoms with E-state index in [1.54, 1.807) is 0 Å². The Morgan fingerprint density at radius 1 is 1.47 bits per heavy atom. The van der Waals surface area contributed by atoms with Gasteiger partial charge in [0.05, 0.1) is 0 Å². The van der Waals surface area contributed by atoms with Crippen LogP contribution in [0.15, 0.2) is 0 Å². The van der Waals surface area contributed by atoms with E-state index in [-0.39, 0.29) is 12.1 Å². The highest BCUT2D eigenvalue weighted by atomic mass is 16.6. The molecular formula is C11H24N2O2. The average molecular weight is 216 g/mol. The second-order valence-corrected chi connectivity index (χ2v) is 4.72. The summed E-state index contributed by atoms with van der Waals surface area (Å²) in [6.07, 6.45) is 2.70. The molecule has 15 heavy (non-hydrogen) atoms. The van der Waals surface area contributed by atoms with Crippen LogP contribution in [-0.4, -0.2) is 24.3 Å². The molecule has 0 aromatic rings. The van der Waals surface area contributed by atoms with Gasteiger partial charge in [0.25, 0.3) is 0 Å². The SMILES string of the molecule is CCCC[C@H](CN)NC(=O)OC(C)(C)C. The van der Waals surface area contributed by atoms with Crippen molar-refractivity contribution in [3.8, 4) is 0 Å². The Balaban J connectivity index is 3.91. The Morgan fingerprint density at radius 2 is 2.07 bits per heavy atom. The van der Waals surface area contributed by atoms with Gasteiger partial charge in [0.1, 0.15) is 5.60 Å². The van der Waals surface area contributed by atoms with Crippen molar-refractivity contribution in [2.24, 2.45) is 5.73 Å². The highest BCUT2D eigenvalue weighted by Gasteiger charge is 2.18. The molecule has 0 saturated carbocycles. The smallest absolute Gasteiger partial charge is 0.407 e. The van der Waals surface area contributed by atoms with Gasteiger partial charge in [0.15, 0.2) is 0 Å². The molecule has 0 radical (unpaired) electrons. The normalized spacial score (nSPS) is 13.4. The van der Waals surface area contributed by atoms with Gasteiger partial charge in [-0.3, -0.25) is 0 Å². The molecule has 1 atom stereocenters. The fourth-order valence-electron chi connectivity index (χ4n) is 1.17. The third kappa shape index (κ3) is 8.24. The van der Waals surface area contributed by atoms with Crippen LogP contribution in [0.5, 0.6) is 0 Å². The van der Waals surface area contributed by atoms with Gasteiger partial charge in [-0.2, -0.15) is 0 Å². The molecule has 3 N–H and O–H groups in total. The Labute approximate surface area is 92.6 Å². The van der Waals surface area contributed by atoms with E-state index in [0.717, 1.165) is 19.3 Å². The molecule has 0 unspecified atom stereocenters. The molecule has 0 aliphatic carbocycles. The number of carbonyl (C=O) groups excluding carboxylic acids is 1. The lowest BCUT2D eigenvalue weighted by molar-refractivity contribution is 0.0503. The molecule has 0 aliphatic heterocycles. The average Bonchev–Trinajstić information content (AvgIpc) is 2.09. The number of ether oxygens (including phenoxy) is 1. The lowest BCUT2D eigenvalue weighted by Gasteiger charge is -2.22. The summed E-state index contributed by atoms with van der Waals surface area (Å²) >= 11 is 0. The first-order chi connectivity index (χ1) is 6.89. The predicted molar refractivity (Wildman–Crippen MR) is 61.7 cm³/mol. The number of unbranched alkanes of at least 4 members (excludes halogenated alkanes) is 1. The van der Waals surface area contributed by atoms with E-state index in [4.69, 9.17) is 10.5 Å². The molecule has 0 fully saturated rings. The summed E-state index contributed by atoms with van der Waals surface area (Å²) in [4.78, 5) is 11.4. The van der Waals surface area contributed by atoms with Gasteiger partial charge in [-0.15, -0.1) is 0 Å². The maximum atomic E-state index is 11.4. The Hall–Kier alpha value is -0.770. The molecular weight excluding hydrogens is 192 g/mol. The molecule has 0 aromatic carbocycles. The first kappa shape index (κ1) is 14.2. The van der Waals surface area contributed by atoms with Crippen LogP contribution >= 0.6 is 0 Å². The zero-order valence-corrected chi connectivity index (χ0v) is 10.3. The van der Waals surface area contributed by atoms with E-state index in [0.29, 0.717) is 6.54 Å². The van der Waals surface area contributed by atoms with Crippen molar-refractivity contribution in [1.82, 2.24) is 5.32 Å². The maximum absolute atomic E-state index is 11.4. The molecule has 1 amide bonds. The van der Waals surface area contributed by atoms with Crippen molar-refractivity contribution in [3.05, 3.63) is 0 Å². The number of amides is 1. The third-order valence-electron chi connectivity index (χ3n) is 1.91. The highest BCUT2D eigenvalue weighted by molar-refractivity contribution is 5.68. The zero-order valence-electron chi connectivity index (χ0n) is 10.3. The fourth-order valence-corrected chi connectivity index (χ4v) is 1.17. The molecule has 90 valence electrons. The van der Waals surface area contributed by atoms with Crippen LogP contribution in [0.3, 0.4) is 0 Å². The molecule has 0 rings (SSSR count). The van der Waals surface area contributed by atoms with Crippen LogP contribution in [0.25, 0.3) is 0 Å². The number of hydrogen-bond donors (Lipinski definition) is 2. The van der Waals surface area contributed by atoms with E-state index in [1.807, 2.05) is 20.8 Å². The van der Waals surface area contributed by atoms with E-state index in [2.05, 4.69) is 12.2 Å². The lowest BCUT2D eigenvalue weighted by atomic mass is 10.1. The molecule has 0 bridgehead atoms.